The normalized spacial score (nSPS) is 21.4. The average molecular weight is 491 g/mol. The molecule has 8 heteroatoms. The Kier molecular flexibility index (Phi) is 9.39. The molecule has 1 aliphatic carbocycles. The molecule has 0 spiro atoms. The van der Waals surface area contributed by atoms with Crippen LogP contribution in [0.1, 0.15) is 38.5 Å². The summed E-state index contributed by atoms with van der Waals surface area (Å²) in [5, 5.41) is 11.0. The lowest BCUT2D eigenvalue weighted by Crippen LogP contribution is -2.38. The summed E-state index contributed by atoms with van der Waals surface area (Å²) in [4.78, 5) is 4.46. The Labute approximate surface area is 207 Å². The Hall–Kier alpha value is -1.93. The van der Waals surface area contributed by atoms with E-state index in [9.17, 15) is 4.39 Å². The molecule has 0 atom stereocenters. The Morgan fingerprint density at radius 3 is 2.59 bits per heavy atom. The number of benzene rings is 1. The fourth-order valence-corrected chi connectivity index (χ4v) is 5.00. The molecule has 2 aromatic rings. The minimum Gasteiger partial charge on any atom is -0.385 e. The summed E-state index contributed by atoms with van der Waals surface area (Å²) in [6.07, 6.45) is 8.05. The van der Waals surface area contributed by atoms with Crippen molar-refractivity contribution in [1.82, 2.24) is 10.3 Å². The van der Waals surface area contributed by atoms with Crippen LogP contribution in [-0.2, 0) is 9.47 Å². The van der Waals surface area contributed by atoms with E-state index >= 15 is 0 Å². The molecule has 1 aliphatic heterocycles. The third-order valence-corrected chi connectivity index (χ3v) is 7.17. The number of anilines is 2. The summed E-state index contributed by atoms with van der Waals surface area (Å²) >= 11 is 6.47. The molecule has 0 unspecified atom stereocenters. The van der Waals surface area contributed by atoms with Crippen LogP contribution in [0.3, 0.4) is 0 Å². The molecule has 1 aromatic heterocycles. The summed E-state index contributed by atoms with van der Waals surface area (Å²) < 4.78 is 25.4. The van der Waals surface area contributed by atoms with E-state index in [1.165, 1.54) is 6.07 Å². The third-order valence-electron chi connectivity index (χ3n) is 6.87. The van der Waals surface area contributed by atoms with Gasteiger partial charge in [-0.25, -0.2) is 9.37 Å². The van der Waals surface area contributed by atoms with Crippen molar-refractivity contribution in [3.63, 3.8) is 0 Å². The first kappa shape index (κ1) is 25.2. The summed E-state index contributed by atoms with van der Waals surface area (Å²) in [6.45, 7) is 4.10. The van der Waals surface area contributed by atoms with Crippen LogP contribution in [0.25, 0.3) is 11.1 Å². The lowest BCUT2D eigenvalue weighted by Gasteiger charge is -2.30. The minimum absolute atomic E-state index is 0.293. The smallest absolute Gasteiger partial charge is 0.131 e. The Morgan fingerprint density at radius 1 is 1.06 bits per heavy atom. The maximum absolute atomic E-state index is 14.8. The molecular weight excluding hydrogens is 455 g/mol. The van der Waals surface area contributed by atoms with E-state index in [1.807, 2.05) is 12.1 Å². The first-order valence-electron chi connectivity index (χ1n) is 12.4. The molecule has 0 radical (unpaired) electrons. The first-order chi connectivity index (χ1) is 16.6. The number of nitrogens with one attached hydrogen (secondary N) is 3. The number of halogens is 2. The van der Waals surface area contributed by atoms with Crippen molar-refractivity contribution in [3.05, 3.63) is 41.3 Å². The van der Waals surface area contributed by atoms with Gasteiger partial charge in [-0.3, -0.25) is 0 Å². The Morgan fingerprint density at radius 2 is 1.82 bits per heavy atom. The minimum atomic E-state index is -0.293. The van der Waals surface area contributed by atoms with Crippen LogP contribution in [-0.4, -0.2) is 57.1 Å². The Bertz CT molecular complexity index is 918. The van der Waals surface area contributed by atoms with E-state index < -0.39 is 0 Å². The van der Waals surface area contributed by atoms with Crippen molar-refractivity contribution in [3.8, 4) is 11.1 Å². The number of nitrogens with zero attached hydrogens (tertiary/aromatic N) is 1. The number of aromatic nitrogens is 1. The van der Waals surface area contributed by atoms with E-state index in [0.29, 0.717) is 34.2 Å². The van der Waals surface area contributed by atoms with Gasteiger partial charge in [0.25, 0.3) is 0 Å². The molecule has 34 heavy (non-hydrogen) atoms. The van der Waals surface area contributed by atoms with Crippen LogP contribution >= 0.6 is 11.6 Å². The van der Waals surface area contributed by atoms with Crippen molar-refractivity contribution >= 4 is 23.1 Å². The van der Waals surface area contributed by atoms with Crippen molar-refractivity contribution in [1.29, 1.82) is 0 Å². The third kappa shape index (κ3) is 7.04. The molecule has 1 aromatic carbocycles. The maximum Gasteiger partial charge on any atom is 0.131 e. The van der Waals surface area contributed by atoms with Gasteiger partial charge in [-0.2, -0.15) is 0 Å². The highest BCUT2D eigenvalue weighted by Gasteiger charge is 2.21. The van der Waals surface area contributed by atoms with Crippen molar-refractivity contribution in [2.45, 2.75) is 50.6 Å². The van der Waals surface area contributed by atoms with Gasteiger partial charge in [0.05, 0.1) is 11.6 Å². The molecule has 2 aliphatic rings. The highest BCUT2D eigenvalue weighted by molar-refractivity contribution is 6.33. The lowest BCUT2D eigenvalue weighted by molar-refractivity contribution is 0.0699. The van der Waals surface area contributed by atoms with Gasteiger partial charge < -0.3 is 25.4 Å². The molecule has 4 rings (SSSR count). The molecule has 1 saturated heterocycles. The average Bonchev–Trinajstić information content (AvgIpc) is 2.87. The van der Waals surface area contributed by atoms with Crippen LogP contribution < -0.4 is 16.0 Å². The largest absolute Gasteiger partial charge is 0.385 e. The lowest BCUT2D eigenvalue weighted by atomic mass is 9.91. The maximum atomic E-state index is 14.8. The van der Waals surface area contributed by atoms with Gasteiger partial charge in [0, 0.05) is 68.5 Å². The summed E-state index contributed by atoms with van der Waals surface area (Å²) in [5.41, 5.74) is 2.03. The predicted molar refractivity (Wildman–Crippen MR) is 136 cm³/mol. The first-order valence-corrected chi connectivity index (χ1v) is 12.8. The molecule has 2 heterocycles. The van der Waals surface area contributed by atoms with Gasteiger partial charge >= 0.3 is 0 Å². The van der Waals surface area contributed by atoms with Gasteiger partial charge in [-0.1, -0.05) is 11.6 Å². The van der Waals surface area contributed by atoms with Gasteiger partial charge in [-0.05, 0) is 68.7 Å². The van der Waals surface area contributed by atoms with E-state index in [4.69, 9.17) is 21.1 Å². The standard InChI is InChI=1S/C26H36ClFN4O2/c1-33-13-10-29-19-2-4-20(5-3-19)32-26-15-22(24(27)17-31-26)23-14-21(6-7-25(23)28)30-16-18-8-11-34-12-9-18/h6-7,14-15,17-20,29-30H,2-5,8-13,16H2,1H3,(H,31,32)/t19-,20-. The van der Waals surface area contributed by atoms with Crippen LogP contribution in [0.4, 0.5) is 15.9 Å². The number of methoxy groups -OCH3 is 1. The monoisotopic (exact) mass is 490 g/mol. The molecule has 186 valence electrons. The van der Waals surface area contributed by atoms with Gasteiger partial charge in [0.2, 0.25) is 0 Å². The van der Waals surface area contributed by atoms with Gasteiger partial charge in [-0.15, -0.1) is 0 Å². The number of rotatable bonds is 10. The molecule has 1 saturated carbocycles. The molecule has 3 N–H and O–H groups in total. The zero-order valence-corrected chi connectivity index (χ0v) is 20.7. The zero-order valence-electron chi connectivity index (χ0n) is 19.9. The van der Waals surface area contributed by atoms with Crippen molar-refractivity contribution in [2.75, 3.05) is 50.7 Å². The second-order valence-electron chi connectivity index (χ2n) is 9.32. The van der Waals surface area contributed by atoms with E-state index in [0.717, 1.165) is 82.9 Å². The molecule has 0 amide bonds. The van der Waals surface area contributed by atoms with Gasteiger partial charge in [0.15, 0.2) is 0 Å². The molecule has 2 fully saturated rings. The van der Waals surface area contributed by atoms with Crippen LogP contribution in [0.2, 0.25) is 5.02 Å². The summed E-state index contributed by atoms with van der Waals surface area (Å²) in [5.74, 6) is 1.02. The van der Waals surface area contributed by atoms with Crippen LogP contribution in [0.15, 0.2) is 30.5 Å². The summed E-state index contributed by atoms with van der Waals surface area (Å²) in [6, 6.07) is 7.88. The van der Waals surface area contributed by atoms with Crippen molar-refractivity contribution in [2.24, 2.45) is 5.92 Å². The van der Waals surface area contributed by atoms with E-state index in [1.54, 1.807) is 19.4 Å². The number of hydrogen-bond donors (Lipinski definition) is 3. The fraction of sp³-hybridized carbons (Fsp3) is 0.577. The number of hydrogen-bond acceptors (Lipinski definition) is 6. The quantitative estimate of drug-likeness (QED) is 0.391. The SMILES string of the molecule is COCCN[C@H]1CC[C@H](Nc2cc(-c3cc(NCC4CCOCC4)ccc3F)c(Cl)cn2)CC1. The predicted octanol–water partition coefficient (Wildman–Crippen LogP) is 5.34. The highest BCUT2D eigenvalue weighted by atomic mass is 35.5. The van der Waals surface area contributed by atoms with E-state index in [2.05, 4.69) is 20.9 Å². The fourth-order valence-electron chi connectivity index (χ4n) is 4.79. The number of pyridine rings is 1. The van der Waals surface area contributed by atoms with E-state index in [-0.39, 0.29) is 5.82 Å². The number of ether oxygens (including phenoxy) is 2. The summed E-state index contributed by atoms with van der Waals surface area (Å²) in [7, 11) is 1.72. The molecular formula is C26H36ClFN4O2. The van der Waals surface area contributed by atoms with Crippen LogP contribution in [0, 0.1) is 11.7 Å². The second kappa shape index (κ2) is 12.7. The second-order valence-corrected chi connectivity index (χ2v) is 9.73. The zero-order chi connectivity index (χ0) is 23.8. The highest BCUT2D eigenvalue weighted by Crippen LogP contribution is 2.34. The van der Waals surface area contributed by atoms with Gasteiger partial charge in [0.1, 0.15) is 11.6 Å². The van der Waals surface area contributed by atoms with Crippen LogP contribution in [0.5, 0.6) is 0 Å². The molecule has 6 nitrogen and oxygen atoms in total. The topological polar surface area (TPSA) is 67.4 Å². The van der Waals surface area contributed by atoms with Crippen molar-refractivity contribution < 1.29 is 13.9 Å². The molecule has 0 bridgehead atoms. The Balaban J connectivity index is 1.39.